The SMILES string of the molecule is O=C(NS(=O)(=O)c1ccc2[nH]ccc2c1)[C@@H]1C[C@@H]2CC[C@H]1O2. The molecule has 0 radical (unpaired) electrons. The first kappa shape index (κ1) is 13.8. The minimum absolute atomic E-state index is 0.0945. The summed E-state index contributed by atoms with van der Waals surface area (Å²) in [6.45, 7) is 0. The molecular formula is C15H16N2O4S. The molecule has 2 fully saturated rings. The molecule has 2 aliphatic rings. The van der Waals surface area contributed by atoms with Crippen LogP contribution in [0.5, 0.6) is 0 Å². The Morgan fingerprint density at radius 1 is 1.27 bits per heavy atom. The Bertz CT molecular complexity index is 842. The number of aromatic nitrogens is 1. The second-order valence-corrected chi connectivity index (χ2v) is 7.59. The number of carbonyl (C=O) groups is 1. The third-order valence-electron chi connectivity index (χ3n) is 4.51. The molecule has 2 N–H and O–H groups in total. The first-order valence-electron chi connectivity index (χ1n) is 7.32. The van der Waals surface area contributed by atoms with Crippen molar-refractivity contribution in [2.75, 3.05) is 0 Å². The van der Waals surface area contributed by atoms with E-state index in [1.807, 2.05) is 0 Å². The minimum Gasteiger partial charge on any atom is -0.374 e. The number of fused-ring (bicyclic) bond motifs is 3. The molecule has 2 aliphatic heterocycles. The molecule has 6 nitrogen and oxygen atoms in total. The Kier molecular flexibility index (Phi) is 3.02. The molecule has 0 aliphatic carbocycles. The van der Waals surface area contributed by atoms with Gasteiger partial charge in [-0.1, -0.05) is 0 Å². The number of nitrogens with one attached hydrogen (secondary N) is 2. The lowest BCUT2D eigenvalue weighted by Gasteiger charge is -2.17. The highest BCUT2D eigenvalue weighted by molar-refractivity contribution is 7.90. The molecular weight excluding hydrogens is 304 g/mol. The molecule has 22 heavy (non-hydrogen) atoms. The van der Waals surface area contributed by atoms with Gasteiger partial charge in [0.25, 0.3) is 10.0 Å². The van der Waals surface area contributed by atoms with E-state index in [1.54, 1.807) is 24.4 Å². The molecule has 4 rings (SSSR count). The van der Waals surface area contributed by atoms with Crippen molar-refractivity contribution >= 4 is 26.8 Å². The van der Waals surface area contributed by atoms with Gasteiger partial charge in [-0.25, -0.2) is 13.1 Å². The van der Waals surface area contributed by atoms with Crippen LogP contribution < -0.4 is 4.72 Å². The molecule has 1 aromatic carbocycles. The zero-order valence-electron chi connectivity index (χ0n) is 11.8. The second kappa shape index (κ2) is 4.82. The van der Waals surface area contributed by atoms with Gasteiger partial charge in [0.1, 0.15) is 0 Å². The average Bonchev–Trinajstić information content (AvgIpc) is 3.21. The fourth-order valence-electron chi connectivity index (χ4n) is 3.38. The van der Waals surface area contributed by atoms with Crippen LogP contribution in [-0.4, -0.2) is 31.5 Å². The molecule has 1 amide bonds. The molecule has 2 aromatic rings. The molecule has 0 saturated carbocycles. The van der Waals surface area contributed by atoms with Crippen molar-refractivity contribution in [1.29, 1.82) is 0 Å². The maximum absolute atomic E-state index is 12.4. The number of amides is 1. The van der Waals surface area contributed by atoms with Gasteiger partial charge in [-0.15, -0.1) is 0 Å². The van der Waals surface area contributed by atoms with Crippen molar-refractivity contribution in [2.24, 2.45) is 5.92 Å². The van der Waals surface area contributed by atoms with Crippen LogP contribution in [0.2, 0.25) is 0 Å². The van der Waals surface area contributed by atoms with Crippen LogP contribution in [0.3, 0.4) is 0 Å². The van der Waals surface area contributed by atoms with Crippen LogP contribution in [0.4, 0.5) is 0 Å². The van der Waals surface area contributed by atoms with Crippen molar-refractivity contribution in [3.8, 4) is 0 Å². The molecule has 3 heterocycles. The van der Waals surface area contributed by atoms with Crippen molar-refractivity contribution in [2.45, 2.75) is 36.4 Å². The standard InChI is InChI=1S/C15H16N2O4S/c18-15(12-8-10-1-4-14(12)21-10)17-22(19,20)11-2-3-13-9(7-11)5-6-16-13/h2-3,5-7,10,12,14,16H,1,4,8H2,(H,17,18)/t10-,12+,14+/m0/s1. The van der Waals surface area contributed by atoms with E-state index in [9.17, 15) is 13.2 Å². The fraction of sp³-hybridized carbons (Fsp3) is 0.400. The summed E-state index contributed by atoms with van der Waals surface area (Å²) in [5.74, 6) is -0.814. The molecule has 7 heteroatoms. The number of hydrogen-bond acceptors (Lipinski definition) is 4. The smallest absolute Gasteiger partial charge is 0.264 e. The number of carbonyl (C=O) groups excluding carboxylic acids is 1. The van der Waals surface area contributed by atoms with E-state index in [4.69, 9.17) is 4.74 Å². The Morgan fingerprint density at radius 3 is 2.86 bits per heavy atom. The largest absolute Gasteiger partial charge is 0.374 e. The number of sulfonamides is 1. The predicted octanol–water partition coefficient (Wildman–Crippen LogP) is 1.54. The lowest BCUT2D eigenvalue weighted by Crippen LogP contribution is -2.39. The quantitative estimate of drug-likeness (QED) is 0.898. The van der Waals surface area contributed by atoms with Crippen molar-refractivity contribution in [1.82, 2.24) is 9.71 Å². The maximum atomic E-state index is 12.4. The van der Waals surface area contributed by atoms with Crippen molar-refractivity contribution in [3.63, 3.8) is 0 Å². The number of benzene rings is 1. The van der Waals surface area contributed by atoms with Gasteiger partial charge >= 0.3 is 0 Å². The van der Waals surface area contributed by atoms with Crippen LogP contribution in [0.25, 0.3) is 10.9 Å². The van der Waals surface area contributed by atoms with E-state index in [1.165, 1.54) is 6.07 Å². The van der Waals surface area contributed by atoms with Gasteiger partial charge in [0.15, 0.2) is 0 Å². The van der Waals surface area contributed by atoms with E-state index < -0.39 is 15.9 Å². The van der Waals surface area contributed by atoms with Gasteiger partial charge in [-0.05, 0) is 43.5 Å². The van der Waals surface area contributed by atoms with E-state index in [0.29, 0.717) is 6.42 Å². The van der Waals surface area contributed by atoms with Crippen LogP contribution in [0, 0.1) is 5.92 Å². The number of rotatable bonds is 3. The van der Waals surface area contributed by atoms with Gasteiger partial charge < -0.3 is 9.72 Å². The molecule has 1 aromatic heterocycles. The lowest BCUT2D eigenvalue weighted by atomic mass is 9.89. The third kappa shape index (κ3) is 2.21. The summed E-state index contributed by atoms with van der Waals surface area (Å²) in [5, 5.41) is 0.790. The zero-order valence-corrected chi connectivity index (χ0v) is 12.6. The number of aromatic amines is 1. The monoisotopic (exact) mass is 320 g/mol. The summed E-state index contributed by atoms with van der Waals surface area (Å²) in [7, 11) is -3.85. The van der Waals surface area contributed by atoms with Crippen LogP contribution in [0.1, 0.15) is 19.3 Å². The highest BCUT2D eigenvalue weighted by Gasteiger charge is 2.45. The second-order valence-electron chi connectivity index (χ2n) is 5.91. The molecule has 116 valence electrons. The van der Waals surface area contributed by atoms with Crippen molar-refractivity contribution < 1.29 is 17.9 Å². The summed E-state index contributed by atoms with van der Waals surface area (Å²) < 4.78 is 32.6. The van der Waals surface area contributed by atoms with Gasteiger partial charge in [-0.3, -0.25) is 4.79 Å². The summed E-state index contributed by atoms with van der Waals surface area (Å²) in [4.78, 5) is 15.4. The highest BCUT2D eigenvalue weighted by Crippen LogP contribution is 2.38. The number of hydrogen-bond donors (Lipinski definition) is 2. The Morgan fingerprint density at radius 2 is 2.14 bits per heavy atom. The zero-order chi connectivity index (χ0) is 15.3. The molecule has 3 atom stereocenters. The van der Waals surface area contributed by atoms with Crippen LogP contribution in [-0.2, 0) is 19.6 Å². The Balaban J connectivity index is 1.56. The predicted molar refractivity (Wildman–Crippen MR) is 79.6 cm³/mol. The Labute approximate surface area is 127 Å². The molecule has 0 spiro atoms. The number of H-pyrrole nitrogens is 1. The first-order chi connectivity index (χ1) is 10.5. The van der Waals surface area contributed by atoms with Crippen LogP contribution >= 0.6 is 0 Å². The molecule has 2 bridgehead atoms. The number of ether oxygens (including phenoxy) is 1. The fourth-order valence-corrected chi connectivity index (χ4v) is 4.44. The highest BCUT2D eigenvalue weighted by atomic mass is 32.2. The first-order valence-corrected chi connectivity index (χ1v) is 8.80. The van der Waals surface area contributed by atoms with E-state index >= 15 is 0 Å². The van der Waals surface area contributed by atoms with Crippen LogP contribution in [0.15, 0.2) is 35.4 Å². The summed E-state index contributed by atoms with van der Waals surface area (Å²) in [6, 6.07) is 6.53. The lowest BCUT2D eigenvalue weighted by molar-refractivity contribution is -0.124. The van der Waals surface area contributed by atoms with E-state index in [0.717, 1.165) is 23.7 Å². The average molecular weight is 320 g/mol. The Hall–Kier alpha value is -1.86. The van der Waals surface area contributed by atoms with Gasteiger partial charge in [0.2, 0.25) is 5.91 Å². The van der Waals surface area contributed by atoms with Gasteiger partial charge in [-0.2, -0.15) is 0 Å². The van der Waals surface area contributed by atoms with Gasteiger partial charge in [0.05, 0.1) is 23.0 Å². The van der Waals surface area contributed by atoms with Crippen molar-refractivity contribution in [3.05, 3.63) is 30.5 Å². The van der Waals surface area contributed by atoms with E-state index in [-0.39, 0.29) is 23.0 Å². The summed E-state index contributed by atoms with van der Waals surface area (Å²) in [5.41, 5.74) is 0.853. The van der Waals surface area contributed by atoms with Gasteiger partial charge in [0, 0.05) is 17.1 Å². The summed E-state index contributed by atoms with van der Waals surface area (Å²) >= 11 is 0. The minimum atomic E-state index is -3.85. The normalized spacial score (nSPS) is 27.4. The molecule has 0 unspecified atom stereocenters. The third-order valence-corrected chi connectivity index (χ3v) is 5.86. The topological polar surface area (TPSA) is 88.3 Å². The van der Waals surface area contributed by atoms with E-state index in [2.05, 4.69) is 9.71 Å². The maximum Gasteiger partial charge on any atom is 0.264 e. The molecule has 2 saturated heterocycles. The summed E-state index contributed by atoms with van der Waals surface area (Å²) in [6.07, 6.45) is 4.13.